The summed E-state index contributed by atoms with van der Waals surface area (Å²) in [6, 6.07) is -0.178. The third-order valence-corrected chi connectivity index (χ3v) is 4.02. The quantitative estimate of drug-likeness (QED) is 0.799. The van der Waals surface area contributed by atoms with Gasteiger partial charge >= 0.3 is 0 Å². The van der Waals surface area contributed by atoms with Crippen molar-refractivity contribution in [2.75, 3.05) is 19.8 Å². The van der Waals surface area contributed by atoms with Crippen molar-refractivity contribution in [2.45, 2.75) is 45.2 Å². The molecule has 0 aromatic rings. The summed E-state index contributed by atoms with van der Waals surface area (Å²) in [6.07, 6.45) is 2.57. The summed E-state index contributed by atoms with van der Waals surface area (Å²) in [7, 11) is 0. The number of ether oxygens (including phenoxy) is 1. The highest BCUT2D eigenvalue weighted by atomic mass is 16.5. The minimum Gasteiger partial charge on any atom is -0.381 e. The van der Waals surface area contributed by atoms with Gasteiger partial charge in [0.15, 0.2) is 0 Å². The van der Waals surface area contributed by atoms with Gasteiger partial charge in [-0.3, -0.25) is 9.59 Å². The van der Waals surface area contributed by atoms with Crippen LogP contribution in [-0.2, 0) is 14.3 Å². The van der Waals surface area contributed by atoms with Gasteiger partial charge in [0, 0.05) is 19.3 Å². The molecule has 0 bridgehead atoms. The maximum Gasteiger partial charge on any atom is 0.246 e. The van der Waals surface area contributed by atoms with Gasteiger partial charge in [0.25, 0.3) is 0 Å². The molecule has 2 atom stereocenters. The number of nitrogens with zero attached hydrogens (tertiary/aromatic N) is 1. The summed E-state index contributed by atoms with van der Waals surface area (Å²) in [5.41, 5.74) is 0. The predicted octanol–water partition coefficient (Wildman–Crippen LogP) is 0.538. The van der Waals surface area contributed by atoms with Crippen molar-refractivity contribution >= 4 is 11.8 Å². The average molecular weight is 254 g/mol. The van der Waals surface area contributed by atoms with Crippen LogP contribution in [0.2, 0.25) is 0 Å². The summed E-state index contributed by atoms with van der Waals surface area (Å²) in [5.74, 6) is 0.228. The Morgan fingerprint density at radius 3 is 2.67 bits per heavy atom. The van der Waals surface area contributed by atoms with Crippen LogP contribution < -0.4 is 5.32 Å². The number of rotatable bonds is 3. The van der Waals surface area contributed by atoms with Gasteiger partial charge in [0.05, 0.1) is 6.54 Å². The Kier molecular flexibility index (Phi) is 4.22. The SMILES string of the molecule is CCC(C)C1NC(=O)CN(C2CCOCC2)C1=O. The first-order valence-corrected chi connectivity index (χ1v) is 6.81. The third kappa shape index (κ3) is 2.66. The molecule has 102 valence electrons. The second-order valence-corrected chi connectivity index (χ2v) is 5.24. The molecule has 0 radical (unpaired) electrons. The topological polar surface area (TPSA) is 58.6 Å². The van der Waals surface area contributed by atoms with Gasteiger partial charge in [0.1, 0.15) is 6.04 Å². The zero-order valence-electron chi connectivity index (χ0n) is 11.1. The molecule has 2 unspecified atom stereocenters. The summed E-state index contributed by atoms with van der Waals surface area (Å²) < 4.78 is 5.31. The molecular weight excluding hydrogens is 232 g/mol. The Labute approximate surface area is 108 Å². The van der Waals surface area contributed by atoms with E-state index in [1.54, 1.807) is 4.90 Å². The normalized spacial score (nSPS) is 28.1. The molecule has 18 heavy (non-hydrogen) atoms. The Balaban J connectivity index is 2.09. The molecular formula is C13H22N2O3. The van der Waals surface area contributed by atoms with Gasteiger partial charge in [-0.05, 0) is 18.8 Å². The van der Waals surface area contributed by atoms with Gasteiger partial charge in [-0.1, -0.05) is 20.3 Å². The number of carbonyl (C=O) groups is 2. The van der Waals surface area contributed by atoms with Gasteiger partial charge < -0.3 is 15.0 Å². The molecule has 2 saturated heterocycles. The molecule has 0 aliphatic carbocycles. The van der Waals surface area contributed by atoms with Crippen LogP contribution in [0.5, 0.6) is 0 Å². The highest BCUT2D eigenvalue weighted by molar-refractivity contribution is 5.95. The molecule has 2 heterocycles. The number of nitrogens with one attached hydrogen (secondary N) is 1. The van der Waals surface area contributed by atoms with Gasteiger partial charge in [-0.15, -0.1) is 0 Å². The molecule has 2 amide bonds. The molecule has 5 heteroatoms. The number of hydrogen-bond donors (Lipinski definition) is 1. The lowest BCUT2D eigenvalue weighted by molar-refractivity contribution is -0.150. The van der Waals surface area contributed by atoms with Crippen LogP contribution in [0.1, 0.15) is 33.1 Å². The van der Waals surface area contributed by atoms with Gasteiger partial charge in [-0.2, -0.15) is 0 Å². The van der Waals surface area contributed by atoms with E-state index in [1.165, 1.54) is 0 Å². The van der Waals surface area contributed by atoms with Gasteiger partial charge in [0.2, 0.25) is 11.8 Å². The van der Waals surface area contributed by atoms with E-state index in [1.807, 2.05) is 13.8 Å². The van der Waals surface area contributed by atoms with E-state index in [4.69, 9.17) is 4.74 Å². The molecule has 0 aromatic heterocycles. The first kappa shape index (κ1) is 13.3. The molecule has 2 rings (SSSR count). The lowest BCUT2D eigenvalue weighted by atomic mass is 9.94. The summed E-state index contributed by atoms with van der Waals surface area (Å²) in [6.45, 7) is 5.62. The fourth-order valence-electron chi connectivity index (χ4n) is 2.62. The minimum atomic E-state index is -0.348. The Bertz CT molecular complexity index is 326. The Morgan fingerprint density at radius 1 is 1.39 bits per heavy atom. The maximum atomic E-state index is 12.4. The van der Waals surface area contributed by atoms with Crippen molar-refractivity contribution in [3.63, 3.8) is 0 Å². The first-order chi connectivity index (χ1) is 8.63. The molecule has 5 nitrogen and oxygen atoms in total. The molecule has 1 N–H and O–H groups in total. The van der Waals surface area contributed by atoms with E-state index in [-0.39, 0.29) is 36.4 Å². The second kappa shape index (κ2) is 5.69. The van der Waals surface area contributed by atoms with Crippen LogP contribution in [0.3, 0.4) is 0 Å². The molecule has 0 aromatic carbocycles. The van der Waals surface area contributed by atoms with Crippen molar-refractivity contribution in [1.29, 1.82) is 0 Å². The first-order valence-electron chi connectivity index (χ1n) is 6.81. The molecule has 2 aliphatic rings. The fraction of sp³-hybridized carbons (Fsp3) is 0.846. The largest absolute Gasteiger partial charge is 0.381 e. The molecule has 2 fully saturated rings. The number of carbonyl (C=O) groups excluding carboxylic acids is 2. The van der Waals surface area contributed by atoms with Crippen LogP contribution in [0, 0.1) is 5.92 Å². The van der Waals surface area contributed by atoms with E-state index in [0.29, 0.717) is 13.2 Å². The zero-order valence-corrected chi connectivity index (χ0v) is 11.1. The molecule has 0 spiro atoms. The van der Waals surface area contributed by atoms with Crippen LogP contribution in [0.15, 0.2) is 0 Å². The van der Waals surface area contributed by atoms with Crippen molar-refractivity contribution in [3.05, 3.63) is 0 Å². The van der Waals surface area contributed by atoms with Crippen LogP contribution >= 0.6 is 0 Å². The zero-order chi connectivity index (χ0) is 13.1. The van der Waals surface area contributed by atoms with Crippen LogP contribution in [0.4, 0.5) is 0 Å². The van der Waals surface area contributed by atoms with Crippen LogP contribution in [-0.4, -0.2) is 48.6 Å². The summed E-state index contributed by atoms with van der Waals surface area (Å²) in [5, 5.41) is 2.82. The van der Waals surface area contributed by atoms with E-state index in [9.17, 15) is 9.59 Å². The summed E-state index contributed by atoms with van der Waals surface area (Å²) in [4.78, 5) is 26.0. The second-order valence-electron chi connectivity index (χ2n) is 5.24. The van der Waals surface area contributed by atoms with Crippen LogP contribution in [0.25, 0.3) is 0 Å². The number of piperazine rings is 1. The standard InChI is InChI=1S/C13H22N2O3/c1-3-9(2)12-13(17)15(8-11(16)14-12)10-4-6-18-7-5-10/h9-10,12H,3-8H2,1-2H3,(H,14,16). The average Bonchev–Trinajstić information content (AvgIpc) is 2.41. The monoisotopic (exact) mass is 254 g/mol. The fourth-order valence-corrected chi connectivity index (χ4v) is 2.62. The maximum absolute atomic E-state index is 12.4. The van der Waals surface area contributed by atoms with Crippen molar-refractivity contribution in [1.82, 2.24) is 10.2 Å². The third-order valence-electron chi connectivity index (χ3n) is 4.02. The number of amides is 2. The Morgan fingerprint density at radius 2 is 2.06 bits per heavy atom. The van der Waals surface area contributed by atoms with Crippen molar-refractivity contribution < 1.29 is 14.3 Å². The smallest absolute Gasteiger partial charge is 0.246 e. The lowest BCUT2D eigenvalue weighted by Gasteiger charge is -2.40. The van der Waals surface area contributed by atoms with E-state index in [2.05, 4.69) is 5.32 Å². The lowest BCUT2D eigenvalue weighted by Crippen LogP contribution is -2.62. The highest BCUT2D eigenvalue weighted by Gasteiger charge is 2.38. The van der Waals surface area contributed by atoms with Gasteiger partial charge in [-0.25, -0.2) is 0 Å². The number of hydrogen-bond acceptors (Lipinski definition) is 3. The van der Waals surface area contributed by atoms with E-state index in [0.717, 1.165) is 19.3 Å². The summed E-state index contributed by atoms with van der Waals surface area (Å²) >= 11 is 0. The van der Waals surface area contributed by atoms with Crippen molar-refractivity contribution in [2.24, 2.45) is 5.92 Å². The minimum absolute atomic E-state index is 0.0357. The predicted molar refractivity (Wildman–Crippen MR) is 66.9 cm³/mol. The molecule has 2 aliphatic heterocycles. The van der Waals surface area contributed by atoms with E-state index >= 15 is 0 Å². The molecule has 0 saturated carbocycles. The highest BCUT2D eigenvalue weighted by Crippen LogP contribution is 2.21. The van der Waals surface area contributed by atoms with E-state index < -0.39 is 0 Å². The Hall–Kier alpha value is -1.10. The van der Waals surface area contributed by atoms with Crippen molar-refractivity contribution in [3.8, 4) is 0 Å².